The normalized spacial score (nSPS) is 19.7. The lowest BCUT2D eigenvalue weighted by atomic mass is 10.0. The van der Waals surface area contributed by atoms with Gasteiger partial charge in [-0.05, 0) is 35.4 Å². The molecule has 19 heavy (non-hydrogen) atoms. The molecule has 1 heterocycles. The molecule has 2 aromatic carbocycles. The maximum atomic E-state index is 10.1. The summed E-state index contributed by atoms with van der Waals surface area (Å²) in [6, 6.07) is 12.6. The van der Waals surface area contributed by atoms with Crippen LogP contribution in [0.15, 0.2) is 36.4 Å². The van der Waals surface area contributed by atoms with Crippen LogP contribution < -0.4 is 5.32 Å². The van der Waals surface area contributed by atoms with E-state index in [2.05, 4.69) is 17.4 Å². The lowest BCUT2D eigenvalue weighted by Crippen LogP contribution is -2.33. The van der Waals surface area contributed by atoms with Gasteiger partial charge in [-0.2, -0.15) is 11.8 Å². The smallest absolute Gasteiger partial charge is 0.120 e. The van der Waals surface area contributed by atoms with Crippen LogP contribution >= 0.6 is 11.8 Å². The maximum Gasteiger partial charge on any atom is 0.120 e. The topological polar surface area (TPSA) is 32.3 Å². The van der Waals surface area contributed by atoms with Crippen molar-refractivity contribution in [2.45, 2.75) is 25.4 Å². The molecule has 0 saturated carbocycles. The molecule has 0 aromatic heterocycles. The first kappa shape index (κ1) is 12.8. The number of phenolic OH excluding ortho intramolecular Hbond substituents is 1. The molecule has 0 amide bonds. The van der Waals surface area contributed by atoms with Gasteiger partial charge in [0.15, 0.2) is 0 Å². The number of benzene rings is 2. The minimum Gasteiger partial charge on any atom is -0.508 e. The zero-order valence-corrected chi connectivity index (χ0v) is 11.7. The second-order valence-electron chi connectivity index (χ2n) is 5.08. The zero-order valence-electron chi connectivity index (χ0n) is 10.9. The average Bonchev–Trinajstić information content (AvgIpc) is 2.47. The van der Waals surface area contributed by atoms with Crippen LogP contribution in [-0.4, -0.2) is 22.7 Å². The van der Waals surface area contributed by atoms with Crippen molar-refractivity contribution in [3.8, 4) is 5.75 Å². The molecular formula is C16H19NOS. The summed E-state index contributed by atoms with van der Waals surface area (Å²) in [5, 5.41) is 16.0. The average molecular weight is 273 g/mol. The summed E-state index contributed by atoms with van der Waals surface area (Å²) in [6.45, 7) is 0.748. The number of nitrogens with one attached hydrogen (secondary N) is 1. The molecule has 1 fully saturated rings. The Bertz CT molecular complexity index is 564. The van der Waals surface area contributed by atoms with E-state index in [9.17, 15) is 5.11 Å². The highest BCUT2D eigenvalue weighted by molar-refractivity contribution is 7.99. The van der Waals surface area contributed by atoms with Gasteiger partial charge < -0.3 is 10.4 Å². The van der Waals surface area contributed by atoms with Crippen LogP contribution in [0.2, 0.25) is 0 Å². The van der Waals surface area contributed by atoms with Crippen LogP contribution in [0.3, 0.4) is 0 Å². The van der Waals surface area contributed by atoms with E-state index in [0.29, 0.717) is 11.8 Å². The quantitative estimate of drug-likeness (QED) is 0.897. The van der Waals surface area contributed by atoms with Crippen LogP contribution in [0, 0.1) is 0 Å². The fraction of sp³-hybridized carbons (Fsp3) is 0.375. The monoisotopic (exact) mass is 273 g/mol. The Morgan fingerprint density at radius 1 is 1.21 bits per heavy atom. The van der Waals surface area contributed by atoms with Crippen molar-refractivity contribution in [1.82, 2.24) is 5.32 Å². The largest absolute Gasteiger partial charge is 0.508 e. The van der Waals surface area contributed by atoms with Crippen molar-refractivity contribution in [2.75, 3.05) is 11.5 Å². The lowest BCUT2D eigenvalue weighted by molar-refractivity contribution is 0.456. The third-order valence-corrected chi connectivity index (χ3v) is 4.96. The van der Waals surface area contributed by atoms with E-state index in [4.69, 9.17) is 0 Å². The number of rotatable bonds is 3. The molecule has 0 bridgehead atoms. The van der Waals surface area contributed by atoms with Crippen LogP contribution in [-0.2, 0) is 6.54 Å². The Morgan fingerprint density at radius 3 is 2.95 bits per heavy atom. The molecule has 0 spiro atoms. The predicted molar refractivity (Wildman–Crippen MR) is 82.8 cm³/mol. The van der Waals surface area contributed by atoms with Crippen LogP contribution in [0.1, 0.15) is 18.4 Å². The minimum absolute atomic E-state index is 0.398. The molecule has 2 nitrogen and oxygen atoms in total. The molecule has 100 valence electrons. The molecule has 1 saturated heterocycles. The van der Waals surface area contributed by atoms with Crippen LogP contribution in [0.5, 0.6) is 5.75 Å². The summed E-state index contributed by atoms with van der Waals surface area (Å²) < 4.78 is 0. The highest BCUT2D eigenvalue weighted by Crippen LogP contribution is 2.27. The number of hydrogen-bond acceptors (Lipinski definition) is 3. The molecule has 3 heteroatoms. The van der Waals surface area contributed by atoms with Gasteiger partial charge in [0.1, 0.15) is 5.75 Å². The Hall–Kier alpha value is -1.19. The van der Waals surface area contributed by atoms with Crippen molar-refractivity contribution < 1.29 is 5.11 Å². The number of hydrogen-bond donors (Lipinski definition) is 2. The Kier molecular flexibility index (Phi) is 3.95. The first-order valence-corrected chi connectivity index (χ1v) is 8.01. The SMILES string of the molecule is Oc1ccc2ccccc2c1CNC1CCCSC1. The molecule has 1 atom stereocenters. The van der Waals surface area contributed by atoms with E-state index in [0.717, 1.165) is 17.5 Å². The Balaban J connectivity index is 1.81. The van der Waals surface area contributed by atoms with Crippen molar-refractivity contribution in [2.24, 2.45) is 0 Å². The fourth-order valence-electron chi connectivity index (χ4n) is 2.66. The van der Waals surface area contributed by atoms with E-state index in [1.54, 1.807) is 6.07 Å². The summed E-state index contributed by atoms with van der Waals surface area (Å²) in [5.41, 5.74) is 1.02. The molecule has 3 rings (SSSR count). The van der Waals surface area contributed by atoms with E-state index in [-0.39, 0.29) is 0 Å². The summed E-state index contributed by atoms with van der Waals surface area (Å²) in [4.78, 5) is 0. The van der Waals surface area contributed by atoms with Crippen LogP contribution in [0.25, 0.3) is 10.8 Å². The lowest BCUT2D eigenvalue weighted by Gasteiger charge is -2.23. The van der Waals surface area contributed by atoms with Gasteiger partial charge in [-0.3, -0.25) is 0 Å². The molecule has 1 aliphatic rings. The fourth-order valence-corrected chi connectivity index (χ4v) is 3.76. The Labute approximate surface area is 118 Å². The summed E-state index contributed by atoms with van der Waals surface area (Å²) in [7, 11) is 0. The molecule has 2 aromatic rings. The van der Waals surface area contributed by atoms with E-state index >= 15 is 0 Å². The van der Waals surface area contributed by atoms with Crippen LogP contribution in [0.4, 0.5) is 0 Å². The zero-order chi connectivity index (χ0) is 13.1. The third kappa shape index (κ3) is 2.88. The molecule has 0 aliphatic carbocycles. The summed E-state index contributed by atoms with van der Waals surface area (Å²) in [5.74, 6) is 2.87. The van der Waals surface area contributed by atoms with Gasteiger partial charge in [0, 0.05) is 23.9 Å². The summed E-state index contributed by atoms with van der Waals surface area (Å²) in [6.07, 6.45) is 2.54. The van der Waals surface area contributed by atoms with Gasteiger partial charge >= 0.3 is 0 Å². The standard InChI is InChI=1S/C16H19NOS/c18-16-8-7-12-4-1-2-6-14(12)15(16)10-17-13-5-3-9-19-11-13/h1-2,4,6-8,13,17-18H,3,5,9-11H2. The first-order chi connectivity index (χ1) is 9.34. The van der Waals surface area contributed by atoms with Crippen molar-refractivity contribution >= 4 is 22.5 Å². The molecule has 0 radical (unpaired) electrons. The molecule has 2 N–H and O–H groups in total. The number of phenols is 1. The number of thioether (sulfide) groups is 1. The van der Waals surface area contributed by atoms with Crippen molar-refractivity contribution in [3.05, 3.63) is 42.0 Å². The van der Waals surface area contributed by atoms with Gasteiger partial charge in [0.05, 0.1) is 0 Å². The van der Waals surface area contributed by atoms with Gasteiger partial charge in [0.25, 0.3) is 0 Å². The van der Waals surface area contributed by atoms with Crippen molar-refractivity contribution in [3.63, 3.8) is 0 Å². The molecule has 1 aliphatic heterocycles. The highest BCUT2D eigenvalue weighted by Gasteiger charge is 2.14. The summed E-state index contributed by atoms with van der Waals surface area (Å²) >= 11 is 2.02. The second-order valence-corrected chi connectivity index (χ2v) is 6.23. The predicted octanol–water partition coefficient (Wildman–Crippen LogP) is 3.53. The molecular weight excluding hydrogens is 254 g/mol. The van der Waals surface area contributed by atoms with Gasteiger partial charge in [-0.1, -0.05) is 30.3 Å². The second kappa shape index (κ2) is 5.85. The van der Waals surface area contributed by atoms with Gasteiger partial charge in [-0.15, -0.1) is 0 Å². The number of fused-ring (bicyclic) bond motifs is 1. The van der Waals surface area contributed by atoms with Crippen molar-refractivity contribution in [1.29, 1.82) is 0 Å². The van der Waals surface area contributed by atoms with Gasteiger partial charge in [-0.25, -0.2) is 0 Å². The maximum absolute atomic E-state index is 10.1. The number of aromatic hydroxyl groups is 1. The first-order valence-electron chi connectivity index (χ1n) is 6.85. The minimum atomic E-state index is 0.398. The highest BCUT2D eigenvalue weighted by atomic mass is 32.2. The molecule has 1 unspecified atom stereocenters. The van der Waals surface area contributed by atoms with E-state index in [1.165, 1.54) is 29.7 Å². The van der Waals surface area contributed by atoms with Gasteiger partial charge in [0.2, 0.25) is 0 Å². The Morgan fingerprint density at radius 2 is 2.11 bits per heavy atom. The van der Waals surface area contributed by atoms with E-state index in [1.807, 2.05) is 30.0 Å². The third-order valence-electron chi connectivity index (χ3n) is 3.74. The van der Waals surface area contributed by atoms with E-state index < -0.39 is 0 Å².